The van der Waals surface area contributed by atoms with E-state index in [4.69, 9.17) is 4.74 Å². The maximum atomic E-state index is 10.5. The highest BCUT2D eigenvalue weighted by Gasteiger charge is 2.16. The molecular formula is C12H14O2S. The second kappa shape index (κ2) is 4.71. The Kier molecular flexibility index (Phi) is 3.31. The largest absolute Gasteiger partial charge is 0.492 e. The number of hydrogen-bond donors (Lipinski definition) is 0. The number of carbonyl (C=O) groups excluding carboxylic acids is 1. The number of para-hydroxylation sites is 1. The van der Waals surface area contributed by atoms with E-state index in [-0.39, 0.29) is 5.92 Å². The highest BCUT2D eigenvalue weighted by atomic mass is 32.2. The molecule has 1 aliphatic heterocycles. The van der Waals surface area contributed by atoms with Crippen LogP contribution in [-0.2, 0) is 11.2 Å². The van der Waals surface area contributed by atoms with Gasteiger partial charge >= 0.3 is 0 Å². The smallest absolute Gasteiger partial charge is 0.136 e. The summed E-state index contributed by atoms with van der Waals surface area (Å²) in [5, 5.41) is 0. The Morgan fingerprint density at radius 3 is 3.27 bits per heavy atom. The van der Waals surface area contributed by atoms with Crippen LogP contribution in [0.1, 0.15) is 12.5 Å². The maximum absolute atomic E-state index is 10.5. The van der Waals surface area contributed by atoms with E-state index in [1.165, 1.54) is 10.5 Å². The molecule has 0 radical (unpaired) electrons. The van der Waals surface area contributed by atoms with E-state index in [1.54, 1.807) is 11.8 Å². The highest BCUT2D eigenvalue weighted by Crippen LogP contribution is 2.36. The van der Waals surface area contributed by atoms with Gasteiger partial charge < -0.3 is 9.53 Å². The number of ether oxygens (including phenoxy) is 1. The molecule has 2 rings (SSSR count). The van der Waals surface area contributed by atoms with Gasteiger partial charge in [0, 0.05) is 23.0 Å². The number of benzene rings is 1. The summed E-state index contributed by atoms with van der Waals surface area (Å²) in [4.78, 5) is 11.7. The summed E-state index contributed by atoms with van der Waals surface area (Å²) >= 11 is 1.70. The van der Waals surface area contributed by atoms with Crippen LogP contribution in [0.3, 0.4) is 0 Å². The fourth-order valence-electron chi connectivity index (χ4n) is 1.56. The first-order valence-electron chi connectivity index (χ1n) is 5.14. The zero-order chi connectivity index (χ0) is 10.7. The molecule has 0 N–H and O–H groups in total. The number of aldehydes is 1. The molecule has 0 spiro atoms. The minimum absolute atomic E-state index is 0.104. The van der Waals surface area contributed by atoms with Gasteiger partial charge in [0.2, 0.25) is 0 Å². The Labute approximate surface area is 94.0 Å². The Morgan fingerprint density at radius 2 is 2.47 bits per heavy atom. The van der Waals surface area contributed by atoms with Crippen molar-refractivity contribution >= 4 is 18.0 Å². The lowest BCUT2D eigenvalue weighted by Crippen LogP contribution is -1.98. The zero-order valence-corrected chi connectivity index (χ0v) is 9.55. The van der Waals surface area contributed by atoms with Crippen molar-refractivity contribution < 1.29 is 9.53 Å². The summed E-state index contributed by atoms with van der Waals surface area (Å²) in [6.45, 7) is 2.72. The van der Waals surface area contributed by atoms with Crippen molar-refractivity contribution in [2.24, 2.45) is 5.92 Å². The third kappa shape index (κ3) is 2.34. The van der Waals surface area contributed by atoms with E-state index in [9.17, 15) is 4.79 Å². The monoisotopic (exact) mass is 222 g/mol. The first-order chi connectivity index (χ1) is 7.31. The van der Waals surface area contributed by atoms with Gasteiger partial charge in [-0.05, 0) is 11.6 Å². The van der Waals surface area contributed by atoms with Crippen molar-refractivity contribution in [3.8, 4) is 5.75 Å². The van der Waals surface area contributed by atoms with Crippen LogP contribution in [0.4, 0.5) is 0 Å². The number of carbonyl (C=O) groups is 1. The van der Waals surface area contributed by atoms with E-state index in [2.05, 4.69) is 18.2 Å². The Balaban J connectivity index is 2.09. The Hall–Kier alpha value is -0.960. The molecule has 0 amide bonds. The molecule has 0 saturated heterocycles. The summed E-state index contributed by atoms with van der Waals surface area (Å²) in [6.07, 6.45) is 2.00. The zero-order valence-electron chi connectivity index (χ0n) is 8.73. The molecule has 0 saturated carbocycles. The molecule has 1 unspecified atom stereocenters. The van der Waals surface area contributed by atoms with Crippen molar-refractivity contribution in [1.82, 2.24) is 0 Å². The molecule has 80 valence electrons. The second-order valence-electron chi connectivity index (χ2n) is 3.77. The van der Waals surface area contributed by atoms with Crippen molar-refractivity contribution in [3.63, 3.8) is 0 Å². The molecule has 15 heavy (non-hydrogen) atoms. The van der Waals surface area contributed by atoms with Gasteiger partial charge in [0.05, 0.1) is 6.61 Å². The molecule has 0 aromatic heterocycles. The summed E-state index contributed by atoms with van der Waals surface area (Å²) in [7, 11) is 0. The average molecular weight is 222 g/mol. The van der Waals surface area contributed by atoms with Crippen LogP contribution in [-0.4, -0.2) is 18.6 Å². The lowest BCUT2D eigenvalue weighted by molar-refractivity contribution is -0.110. The number of hydrogen-bond acceptors (Lipinski definition) is 3. The maximum Gasteiger partial charge on any atom is 0.136 e. The quantitative estimate of drug-likeness (QED) is 0.578. The van der Waals surface area contributed by atoms with Crippen molar-refractivity contribution in [1.29, 1.82) is 0 Å². The van der Waals surface area contributed by atoms with Gasteiger partial charge in [-0.15, -0.1) is 11.8 Å². The Bertz CT molecular complexity index is 363. The lowest BCUT2D eigenvalue weighted by Gasteiger charge is -2.08. The topological polar surface area (TPSA) is 26.3 Å². The molecular weight excluding hydrogens is 208 g/mol. The second-order valence-corrected chi connectivity index (χ2v) is 4.83. The van der Waals surface area contributed by atoms with Crippen molar-refractivity contribution in [2.75, 3.05) is 12.4 Å². The van der Waals surface area contributed by atoms with Gasteiger partial charge in [-0.2, -0.15) is 0 Å². The summed E-state index contributed by atoms with van der Waals surface area (Å²) in [5.41, 5.74) is 1.29. The normalized spacial score (nSPS) is 15.5. The van der Waals surface area contributed by atoms with Gasteiger partial charge in [0.25, 0.3) is 0 Å². The molecule has 2 nitrogen and oxygen atoms in total. The highest BCUT2D eigenvalue weighted by molar-refractivity contribution is 7.99. The van der Waals surface area contributed by atoms with Gasteiger partial charge in [-0.3, -0.25) is 0 Å². The van der Waals surface area contributed by atoms with Crippen LogP contribution in [0.2, 0.25) is 0 Å². The standard InChI is InChI=1S/C12H14O2S/c1-9(7-13)8-15-11-4-2-3-10-5-6-14-12(10)11/h2-4,7,9H,5-6,8H2,1H3. The predicted octanol–water partition coefficient (Wildman–Crippen LogP) is 2.55. The summed E-state index contributed by atoms with van der Waals surface area (Å²) < 4.78 is 5.59. The van der Waals surface area contributed by atoms with E-state index >= 15 is 0 Å². The van der Waals surface area contributed by atoms with Crippen LogP contribution in [0.5, 0.6) is 5.75 Å². The molecule has 1 aliphatic rings. The molecule has 0 aliphatic carbocycles. The van der Waals surface area contributed by atoms with E-state index in [0.717, 1.165) is 30.8 Å². The first kappa shape index (κ1) is 10.6. The minimum atomic E-state index is 0.104. The third-order valence-electron chi connectivity index (χ3n) is 2.41. The third-order valence-corrected chi connectivity index (χ3v) is 3.74. The van der Waals surface area contributed by atoms with Gasteiger partial charge in [0.15, 0.2) is 0 Å². The van der Waals surface area contributed by atoms with Crippen LogP contribution in [0.25, 0.3) is 0 Å². The first-order valence-corrected chi connectivity index (χ1v) is 6.12. The minimum Gasteiger partial charge on any atom is -0.492 e. The summed E-state index contributed by atoms with van der Waals surface area (Å²) in [6, 6.07) is 6.23. The lowest BCUT2D eigenvalue weighted by atomic mass is 10.2. The van der Waals surface area contributed by atoms with Crippen LogP contribution in [0, 0.1) is 5.92 Å². The SMILES string of the molecule is CC(C=O)CSc1cccc2c1OCC2. The predicted molar refractivity (Wildman–Crippen MR) is 61.6 cm³/mol. The fourth-order valence-corrected chi connectivity index (χ4v) is 2.58. The number of fused-ring (bicyclic) bond motifs is 1. The van der Waals surface area contributed by atoms with E-state index < -0.39 is 0 Å². The van der Waals surface area contributed by atoms with Crippen LogP contribution >= 0.6 is 11.8 Å². The molecule has 1 aromatic rings. The van der Waals surface area contributed by atoms with Gasteiger partial charge in [0.1, 0.15) is 12.0 Å². The van der Waals surface area contributed by atoms with E-state index in [0.29, 0.717) is 0 Å². The Morgan fingerprint density at radius 1 is 1.60 bits per heavy atom. The van der Waals surface area contributed by atoms with Crippen molar-refractivity contribution in [3.05, 3.63) is 23.8 Å². The average Bonchev–Trinajstić information content (AvgIpc) is 2.74. The van der Waals surface area contributed by atoms with Crippen molar-refractivity contribution in [2.45, 2.75) is 18.2 Å². The van der Waals surface area contributed by atoms with Crippen LogP contribution < -0.4 is 4.74 Å². The molecule has 1 aromatic carbocycles. The van der Waals surface area contributed by atoms with Crippen LogP contribution in [0.15, 0.2) is 23.1 Å². The fraction of sp³-hybridized carbons (Fsp3) is 0.417. The number of thioether (sulfide) groups is 1. The molecule has 0 bridgehead atoms. The van der Waals surface area contributed by atoms with E-state index in [1.807, 2.05) is 6.92 Å². The van der Waals surface area contributed by atoms with Gasteiger partial charge in [-0.1, -0.05) is 19.1 Å². The summed E-state index contributed by atoms with van der Waals surface area (Å²) in [5.74, 6) is 1.96. The molecule has 1 heterocycles. The molecule has 3 heteroatoms. The van der Waals surface area contributed by atoms with Gasteiger partial charge in [-0.25, -0.2) is 0 Å². The number of rotatable bonds is 4. The molecule has 0 fully saturated rings. The molecule has 1 atom stereocenters.